The molecule has 0 aliphatic carbocycles. The van der Waals surface area contributed by atoms with E-state index in [0.29, 0.717) is 21.5 Å². The van der Waals surface area contributed by atoms with E-state index in [2.05, 4.69) is 15.3 Å². The minimum Gasteiger partial charge on any atom is -0.449 e. The van der Waals surface area contributed by atoms with Crippen molar-refractivity contribution in [1.82, 2.24) is 15.3 Å². The second-order valence-corrected chi connectivity index (χ2v) is 5.80. The number of alkyl halides is 2. The van der Waals surface area contributed by atoms with Gasteiger partial charge in [0.15, 0.2) is 0 Å². The first-order valence-corrected chi connectivity index (χ1v) is 7.04. The molecule has 3 heterocycles. The Morgan fingerprint density at radius 1 is 1.41 bits per heavy atom. The highest BCUT2D eigenvalue weighted by atomic mass is 35.5. The third kappa shape index (κ3) is 2.08. The number of halogens is 3. The van der Waals surface area contributed by atoms with E-state index in [9.17, 15) is 13.6 Å². The van der Waals surface area contributed by atoms with Gasteiger partial charge in [0.25, 0.3) is 11.5 Å². The van der Waals surface area contributed by atoms with E-state index >= 15 is 0 Å². The molecule has 0 spiro atoms. The summed E-state index contributed by atoms with van der Waals surface area (Å²) < 4.78 is 32.1. The molecule has 2 aromatic heterocycles. The fraction of sp³-hybridized carbons (Fsp3) is 0.286. The van der Waals surface area contributed by atoms with Crippen LogP contribution in [0.25, 0.3) is 22.1 Å². The molecule has 0 unspecified atom stereocenters. The average Bonchev–Trinajstić information content (AvgIpc) is 2.99. The highest BCUT2D eigenvalue weighted by Crippen LogP contribution is 2.33. The molecule has 1 fully saturated rings. The highest BCUT2D eigenvalue weighted by molar-refractivity contribution is 6.31. The van der Waals surface area contributed by atoms with Gasteiger partial charge in [0.05, 0.1) is 12.6 Å². The van der Waals surface area contributed by atoms with E-state index in [1.54, 1.807) is 18.2 Å². The summed E-state index contributed by atoms with van der Waals surface area (Å²) in [6, 6.07) is 4.22. The van der Waals surface area contributed by atoms with Gasteiger partial charge in [-0.1, -0.05) is 11.6 Å². The summed E-state index contributed by atoms with van der Waals surface area (Å²) in [5.41, 5.74) is 0.364. The molecule has 4 rings (SSSR count). The summed E-state index contributed by atoms with van der Waals surface area (Å²) in [6.45, 7) is -0.433. The predicted molar refractivity (Wildman–Crippen MR) is 77.5 cm³/mol. The third-order valence-electron chi connectivity index (χ3n) is 3.74. The van der Waals surface area contributed by atoms with Crippen LogP contribution in [0.2, 0.25) is 5.02 Å². The number of H-pyrrole nitrogens is 1. The summed E-state index contributed by atoms with van der Waals surface area (Å²) in [4.78, 5) is 19.0. The summed E-state index contributed by atoms with van der Waals surface area (Å²) in [7, 11) is 0. The molecule has 0 bridgehead atoms. The minimum atomic E-state index is -2.81. The molecule has 1 atom stereocenters. The number of rotatable bonds is 1. The third-order valence-corrected chi connectivity index (χ3v) is 3.98. The molecule has 1 aromatic carbocycles. The maximum absolute atomic E-state index is 13.3. The Bertz CT molecular complexity index is 950. The maximum Gasteiger partial charge on any atom is 0.294 e. The zero-order chi connectivity index (χ0) is 15.5. The van der Waals surface area contributed by atoms with Gasteiger partial charge in [-0.15, -0.1) is 0 Å². The molecule has 0 saturated carbocycles. The molecule has 0 amide bonds. The fourth-order valence-electron chi connectivity index (χ4n) is 2.72. The average molecular weight is 326 g/mol. The summed E-state index contributed by atoms with van der Waals surface area (Å²) in [5, 5.41) is 3.73. The van der Waals surface area contributed by atoms with Crippen molar-refractivity contribution >= 4 is 33.7 Å². The lowest BCUT2D eigenvalue weighted by Crippen LogP contribution is -2.21. The van der Waals surface area contributed by atoms with Crippen LogP contribution in [0, 0.1) is 0 Å². The van der Waals surface area contributed by atoms with Gasteiger partial charge < -0.3 is 14.7 Å². The standard InChI is InChI=1S/C14H10ClF2N3O2/c15-6-1-2-9-7(3-6)10-11(22-9)13(21)20-12(19-10)8-4-14(16,17)5-18-8/h1-3,8,18H,4-5H2,(H,19,20,21)/t8-/m0/s1. The highest BCUT2D eigenvalue weighted by Gasteiger charge is 2.41. The van der Waals surface area contributed by atoms with E-state index in [4.69, 9.17) is 16.0 Å². The molecule has 3 aromatic rings. The Hall–Kier alpha value is -1.99. The van der Waals surface area contributed by atoms with Crippen molar-refractivity contribution in [3.8, 4) is 0 Å². The number of nitrogens with zero attached hydrogens (tertiary/aromatic N) is 1. The number of aromatic nitrogens is 2. The maximum atomic E-state index is 13.3. The fourth-order valence-corrected chi connectivity index (χ4v) is 2.89. The Labute approximate surface area is 127 Å². The summed E-state index contributed by atoms with van der Waals surface area (Å²) in [6.07, 6.45) is -0.405. The number of nitrogens with one attached hydrogen (secondary N) is 2. The van der Waals surface area contributed by atoms with E-state index in [0.717, 1.165) is 0 Å². The Morgan fingerprint density at radius 3 is 2.95 bits per heavy atom. The van der Waals surface area contributed by atoms with Crippen LogP contribution in [0.4, 0.5) is 8.78 Å². The van der Waals surface area contributed by atoms with Gasteiger partial charge in [0.1, 0.15) is 16.9 Å². The number of benzene rings is 1. The van der Waals surface area contributed by atoms with Gasteiger partial charge in [-0.05, 0) is 18.2 Å². The van der Waals surface area contributed by atoms with Gasteiger partial charge in [0.2, 0.25) is 5.58 Å². The molecule has 0 radical (unpaired) electrons. The van der Waals surface area contributed by atoms with Crippen molar-refractivity contribution in [2.45, 2.75) is 18.4 Å². The Kier molecular flexibility index (Phi) is 2.79. The zero-order valence-corrected chi connectivity index (χ0v) is 11.9. The second-order valence-electron chi connectivity index (χ2n) is 5.37. The van der Waals surface area contributed by atoms with Crippen LogP contribution >= 0.6 is 11.6 Å². The Morgan fingerprint density at radius 2 is 2.23 bits per heavy atom. The molecule has 114 valence electrons. The van der Waals surface area contributed by atoms with Crippen LogP contribution in [0.1, 0.15) is 18.3 Å². The quantitative estimate of drug-likeness (QED) is 0.721. The Balaban J connectivity index is 1.93. The van der Waals surface area contributed by atoms with Crippen molar-refractivity contribution in [3.63, 3.8) is 0 Å². The second kappa shape index (κ2) is 4.50. The summed E-state index contributed by atoms with van der Waals surface area (Å²) >= 11 is 5.95. The first-order chi connectivity index (χ1) is 10.4. The number of hydrogen-bond donors (Lipinski definition) is 2. The minimum absolute atomic E-state index is 0.0609. The van der Waals surface area contributed by atoms with Crippen molar-refractivity contribution < 1.29 is 13.2 Å². The van der Waals surface area contributed by atoms with Crippen LogP contribution in [-0.2, 0) is 0 Å². The molecule has 1 aliphatic rings. The van der Waals surface area contributed by atoms with Gasteiger partial charge in [0, 0.05) is 16.8 Å². The van der Waals surface area contributed by atoms with E-state index in [-0.39, 0.29) is 11.4 Å². The number of fused-ring (bicyclic) bond motifs is 3. The monoisotopic (exact) mass is 325 g/mol. The smallest absolute Gasteiger partial charge is 0.294 e. The lowest BCUT2D eigenvalue weighted by Gasteiger charge is -2.09. The first-order valence-electron chi connectivity index (χ1n) is 6.66. The molecular formula is C14H10ClF2N3O2. The normalized spacial score (nSPS) is 21.0. The lowest BCUT2D eigenvalue weighted by molar-refractivity contribution is 0.0208. The molecule has 1 saturated heterocycles. The van der Waals surface area contributed by atoms with E-state index in [1.165, 1.54) is 0 Å². The van der Waals surface area contributed by atoms with E-state index in [1.807, 2.05) is 0 Å². The van der Waals surface area contributed by atoms with Crippen LogP contribution in [0.5, 0.6) is 0 Å². The molecule has 1 aliphatic heterocycles. The van der Waals surface area contributed by atoms with Crippen LogP contribution in [0.3, 0.4) is 0 Å². The molecule has 8 heteroatoms. The van der Waals surface area contributed by atoms with Crippen molar-refractivity contribution in [1.29, 1.82) is 0 Å². The SMILES string of the molecule is O=c1[nH]c([C@@H]2CC(F)(F)CN2)nc2c1oc1ccc(Cl)cc12. The van der Waals surface area contributed by atoms with Crippen LogP contribution < -0.4 is 10.9 Å². The molecule has 22 heavy (non-hydrogen) atoms. The summed E-state index contributed by atoms with van der Waals surface area (Å²) in [5.74, 6) is -2.63. The molecular weight excluding hydrogens is 316 g/mol. The van der Waals surface area contributed by atoms with E-state index < -0.39 is 30.5 Å². The van der Waals surface area contributed by atoms with Gasteiger partial charge in [-0.3, -0.25) is 4.79 Å². The number of hydrogen-bond acceptors (Lipinski definition) is 4. The van der Waals surface area contributed by atoms with Gasteiger partial charge in [-0.25, -0.2) is 13.8 Å². The van der Waals surface area contributed by atoms with Crippen molar-refractivity contribution in [2.75, 3.05) is 6.54 Å². The zero-order valence-electron chi connectivity index (χ0n) is 11.1. The van der Waals surface area contributed by atoms with Gasteiger partial charge in [-0.2, -0.15) is 0 Å². The lowest BCUT2D eigenvalue weighted by atomic mass is 10.1. The van der Waals surface area contributed by atoms with Crippen LogP contribution in [0.15, 0.2) is 27.4 Å². The molecule has 2 N–H and O–H groups in total. The van der Waals surface area contributed by atoms with Crippen molar-refractivity contribution in [2.24, 2.45) is 0 Å². The number of aromatic amines is 1. The topological polar surface area (TPSA) is 70.9 Å². The van der Waals surface area contributed by atoms with Crippen LogP contribution in [-0.4, -0.2) is 22.4 Å². The van der Waals surface area contributed by atoms with Crippen molar-refractivity contribution in [3.05, 3.63) is 39.4 Å². The largest absolute Gasteiger partial charge is 0.449 e. The van der Waals surface area contributed by atoms with Gasteiger partial charge >= 0.3 is 0 Å². The first kappa shape index (κ1) is 13.7. The predicted octanol–water partition coefficient (Wildman–Crippen LogP) is 2.99. The number of furan rings is 1. The molecule has 5 nitrogen and oxygen atoms in total.